The highest BCUT2D eigenvalue weighted by Crippen LogP contribution is 2.23. The van der Waals surface area contributed by atoms with Gasteiger partial charge in [0.05, 0.1) is 17.9 Å². The van der Waals surface area contributed by atoms with E-state index in [2.05, 4.69) is 0 Å². The van der Waals surface area contributed by atoms with Crippen molar-refractivity contribution in [2.24, 2.45) is 11.8 Å². The molecule has 3 aromatic rings. The van der Waals surface area contributed by atoms with E-state index < -0.39 is 29.9 Å². The van der Waals surface area contributed by atoms with Crippen LogP contribution < -0.4 is 0 Å². The van der Waals surface area contributed by atoms with Gasteiger partial charge >= 0.3 is 12.1 Å². The van der Waals surface area contributed by atoms with E-state index in [0.717, 1.165) is 16.7 Å². The number of nitrogens with zero attached hydrogens (tertiary/aromatic N) is 1. The molecule has 1 N–H and O–H groups in total. The first kappa shape index (κ1) is 24.9. The lowest BCUT2D eigenvalue weighted by molar-refractivity contribution is -0.140. The number of amides is 2. The van der Waals surface area contributed by atoms with Crippen LogP contribution in [-0.4, -0.2) is 40.6 Å². The molecule has 6 heteroatoms. The number of ether oxygens (including phenoxy) is 1. The zero-order valence-electron chi connectivity index (χ0n) is 19.9. The molecule has 2 amide bonds. The monoisotopic (exact) mass is 483 g/mol. The number of hydrogen-bond acceptors (Lipinski definition) is 4. The van der Waals surface area contributed by atoms with Crippen molar-refractivity contribution in [1.82, 2.24) is 4.90 Å². The van der Waals surface area contributed by atoms with Crippen molar-refractivity contribution in [3.63, 3.8) is 0 Å². The van der Waals surface area contributed by atoms with Gasteiger partial charge in [-0.05, 0) is 36.0 Å². The van der Waals surface area contributed by atoms with Crippen LogP contribution in [0.25, 0.3) is 0 Å². The summed E-state index contributed by atoms with van der Waals surface area (Å²) in [6, 6.07) is 28.1. The van der Waals surface area contributed by atoms with E-state index in [1.807, 2.05) is 91.0 Å². The SMILES string of the molecule is O=C(O)C(C=CC(Cc1ccccc1)C(=O)N1C(=O)OC[C@@H]1Cc1ccccc1)Cc1ccccc1. The molecule has 1 heterocycles. The molecule has 0 aliphatic carbocycles. The van der Waals surface area contributed by atoms with Gasteiger partial charge in [0.25, 0.3) is 0 Å². The van der Waals surface area contributed by atoms with Crippen LogP contribution in [0.4, 0.5) is 4.79 Å². The number of benzene rings is 3. The molecule has 1 aliphatic heterocycles. The fourth-order valence-corrected chi connectivity index (χ4v) is 4.43. The summed E-state index contributed by atoms with van der Waals surface area (Å²) in [4.78, 5) is 39.5. The number of rotatable bonds is 10. The minimum atomic E-state index is -0.969. The minimum Gasteiger partial charge on any atom is -0.481 e. The standard InChI is InChI=1S/C30H29NO5/c32-28(31-27(21-36-30(31)35)20-24-14-8-3-9-15-24)25(18-22-10-4-1-5-11-22)16-17-26(29(33)34)19-23-12-6-2-7-13-23/h1-17,25-27H,18-21H2,(H,33,34)/t25?,26?,27-/m0/s1. The highest BCUT2D eigenvalue weighted by Gasteiger charge is 2.40. The van der Waals surface area contributed by atoms with Gasteiger partial charge in [-0.2, -0.15) is 0 Å². The number of carboxylic acid groups (broad SMARTS) is 1. The fraction of sp³-hybridized carbons (Fsp3) is 0.233. The van der Waals surface area contributed by atoms with Crippen molar-refractivity contribution in [2.45, 2.75) is 25.3 Å². The summed E-state index contributed by atoms with van der Waals surface area (Å²) in [5.74, 6) is -2.87. The maximum absolute atomic E-state index is 13.7. The topological polar surface area (TPSA) is 83.9 Å². The van der Waals surface area contributed by atoms with Crippen molar-refractivity contribution < 1.29 is 24.2 Å². The molecule has 3 atom stereocenters. The molecular formula is C30H29NO5. The van der Waals surface area contributed by atoms with Gasteiger partial charge in [0, 0.05) is 0 Å². The predicted octanol–water partition coefficient (Wildman–Crippen LogP) is 4.94. The molecule has 3 aromatic carbocycles. The summed E-state index contributed by atoms with van der Waals surface area (Å²) < 4.78 is 5.26. The lowest BCUT2D eigenvalue weighted by Gasteiger charge is -2.24. The summed E-state index contributed by atoms with van der Waals surface area (Å²) in [6.07, 6.45) is 3.70. The van der Waals surface area contributed by atoms with E-state index in [0.29, 0.717) is 19.3 Å². The molecule has 1 aliphatic rings. The summed E-state index contributed by atoms with van der Waals surface area (Å²) in [5, 5.41) is 9.81. The average Bonchev–Trinajstić information content (AvgIpc) is 3.26. The Labute approximate surface area is 210 Å². The first-order chi connectivity index (χ1) is 17.5. The summed E-state index contributed by atoms with van der Waals surface area (Å²) >= 11 is 0. The van der Waals surface area contributed by atoms with Crippen LogP contribution in [0.15, 0.2) is 103 Å². The van der Waals surface area contributed by atoms with Gasteiger partial charge in [-0.3, -0.25) is 9.59 Å². The van der Waals surface area contributed by atoms with Crippen LogP contribution >= 0.6 is 0 Å². The van der Waals surface area contributed by atoms with Crippen molar-refractivity contribution in [2.75, 3.05) is 6.61 Å². The first-order valence-electron chi connectivity index (χ1n) is 12.0. The second kappa shape index (κ2) is 12.0. The Morgan fingerprint density at radius 2 is 1.28 bits per heavy atom. The van der Waals surface area contributed by atoms with Gasteiger partial charge in [0.2, 0.25) is 5.91 Å². The van der Waals surface area contributed by atoms with Crippen LogP contribution in [0.1, 0.15) is 16.7 Å². The van der Waals surface area contributed by atoms with Crippen molar-refractivity contribution in [3.05, 3.63) is 120 Å². The number of imide groups is 1. The quantitative estimate of drug-likeness (QED) is 0.413. The number of carbonyl (C=O) groups is 3. The van der Waals surface area contributed by atoms with Crippen LogP contribution in [0.3, 0.4) is 0 Å². The highest BCUT2D eigenvalue weighted by molar-refractivity contribution is 5.95. The third-order valence-electron chi connectivity index (χ3n) is 6.32. The first-order valence-corrected chi connectivity index (χ1v) is 12.0. The third-order valence-corrected chi connectivity index (χ3v) is 6.32. The van der Waals surface area contributed by atoms with Crippen molar-refractivity contribution >= 4 is 18.0 Å². The molecule has 4 rings (SSSR count). The van der Waals surface area contributed by atoms with Gasteiger partial charge in [0.15, 0.2) is 0 Å². The van der Waals surface area contributed by atoms with E-state index in [-0.39, 0.29) is 12.5 Å². The van der Waals surface area contributed by atoms with E-state index in [4.69, 9.17) is 4.74 Å². The summed E-state index contributed by atoms with van der Waals surface area (Å²) in [5.41, 5.74) is 2.82. The Balaban J connectivity index is 1.58. The Hall–Kier alpha value is -4.19. The van der Waals surface area contributed by atoms with E-state index in [1.165, 1.54) is 4.90 Å². The molecule has 2 unspecified atom stereocenters. The second-order valence-electron chi connectivity index (χ2n) is 8.94. The summed E-state index contributed by atoms with van der Waals surface area (Å²) in [6.45, 7) is 0.132. The van der Waals surface area contributed by atoms with Crippen LogP contribution in [-0.2, 0) is 33.6 Å². The largest absolute Gasteiger partial charge is 0.481 e. The predicted molar refractivity (Wildman–Crippen MR) is 136 cm³/mol. The van der Waals surface area contributed by atoms with Gasteiger partial charge < -0.3 is 9.84 Å². The average molecular weight is 484 g/mol. The van der Waals surface area contributed by atoms with Crippen LogP contribution in [0.2, 0.25) is 0 Å². The molecule has 184 valence electrons. The lowest BCUT2D eigenvalue weighted by atomic mass is 9.93. The van der Waals surface area contributed by atoms with Gasteiger partial charge in [-0.15, -0.1) is 0 Å². The molecule has 1 saturated heterocycles. The van der Waals surface area contributed by atoms with Crippen LogP contribution in [0.5, 0.6) is 0 Å². The molecule has 0 bridgehead atoms. The van der Waals surface area contributed by atoms with Gasteiger partial charge in [-0.25, -0.2) is 9.69 Å². The zero-order chi connectivity index (χ0) is 25.3. The molecule has 0 radical (unpaired) electrons. The fourth-order valence-electron chi connectivity index (χ4n) is 4.43. The Bertz CT molecular complexity index is 1190. The van der Waals surface area contributed by atoms with Crippen molar-refractivity contribution in [3.8, 4) is 0 Å². The summed E-state index contributed by atoms with van der Waals surface area (Å²) in [7, 11) is 0. The third kappa shape index (κ3) is 6.48. The maximum atomic E-state index is 13.7. The Kier molecular flexibility index (Phi) is 8.29. The number of cyclic esters (lactones) is 1. The number of hydrogen-bond donors (Lipinski definition) is 1. The normalized spacial score (nSPS) is 17.1. The highest BCUT2D eigenvalue weighted by atomic mass is 16.6. The molecule has 36 heavy (non-hydrogen) atoms. The number of aliphatic carboxylic acids is 1. The molecule has 1 fully saturated rings. The second-order valence-corrected chi connectivity index (χ2v) is 8.94. The molecule has 0 aromatic heterocycles. The lowest BCUT2D eigenvalue weighted by Crippen LogP contribution is -2.43. The smallest absolute Gasteiger partial charge is 0.417 e. The van der Waals surface area contributed by atoms with Crippen LogP contribution in [0, 0.1) is 11.8 Å². The number of carboxylic acids is 1. The van der Waals surface area contributed by atoms with Gasteiger partial charge in [-0.1, -0.05) is 103 Å². The molecule has 0 spiro atoms. The maximum Gasteiger partial charge on any atom is 0.417 e. The zero-order valence-corrected chi connectivity index (χ0v) is 19.9. The van der Waals surface area contributed by atoms with Gasteiger partial charge in [0.1, 0.15) is 6.61 Å². The number of carbonyl (C=O) groups excluding carboxylic acids is 2. The minimum absolute atomic E-state index is 0.132. The molecule has 0 saturated carbocycles. The van der Waals surface area contributed by atoms with Crippen molar-refractivity contribution in [1.29, 1.82) is 0 Å². The van der Waals surface area contributed by atoms with E-state index >= 15 is 0 Å². The Morgan fingerprint density at radius 1 is 0.806 bits per heavy atom. The van der Waals surface area contributed by atoms with E-state index in [9.17, 15) is 19.5 Å². The molecule has 6 nitrogen and oxygen atoms in total. The molecular weight excluding hydrogens is 454 g/mol. The Morgan fingerprint density at radius 3 is 1.81 bits per heavy atom. The van der Waals surface area contributed by atoms with E-state index in [1.54, 1.807) is 12.2 Å².